The fourth-order valence-corrected chi connectivity index (χ4v) is 1.32. The molecule has 16 heavy (non-hydrogen) atoms. The first-order chi connectivity index (χ1) is 7.52. The molecule has 0 spiro atoms. The summed E-state index contributed by atoms with van der Waals surface area (Å²) in [5.41, 5.74) is 0.796. The van der Waals surface area contributed by atoms with Gasteiger partial charge < -0.3 is 10.2 Å². The molecule has 0 bridgehead atoms. The van der Waals surface area contributed by atoms with Crippen molar-refractivity contribution in [1.82, 2.24) is 10.2 Å². The summed E-state index contributed by atoms with van der Waals surface area (Å²) in [6.07, 6.45) is 0. The maximum absolute atomic E-state index is 11.5. The van der Waals surface area contributed by atoms with E-state index in [1.807, 2.05) is 30.3 Å². The molecule has 2 amide bonds. The molecule has 1 rings (SSSR count). The first kappa shape index (κ1) is 12.2. The number of urea groups is 1. The summed E-state index contributed by atoms with van der Waals surface area (Å²) in [7, 11) is 3.27. The minimum Gasteiger partial charge on any atom is -0.331 e. The summed E-state index contributed by atoms with van der Waals surface area (Å²) in [5, 5.41) is 2.67. The highest BCUT2D eigenvalue weighted by Crippen LogP contribution is 2.13. The molecule has 4 nitrogen and oxygen atoms in total. The Kier molecular flexibility index (Phi) is 4.05. The van der Waals surface area contributed by atoms with E-state index in [1.165, 1.54) is 11.8 Å². The van der Waals surface area contributed by atoms with Gasteiger partial charge in [0.15, 0.2) is 5.78 Å². The lowest BCUT2D eigenvalue weighted by Crippen LogP contribution is -2.39. The standard InChI is InChI=1S/C12H16N2O2/c1-9(15)11(13-12(16)14(2)3)10-7-5-4-6-8-10/h4-8,11H,1-3H3,(H,13,16)/t11-/m0/s1. The zero-order valence-corrected chi connectivity index (χ0v) is 9.73. The number of hydrogen-bond acceptors (Lipinski definition) is 2. The van der Waals surface area contributed by atoms with Gasteiger partial charge in [-0.05, 0) is 12.5 Å². The van der Waals surface area contributed by atoms with Crippen LogP contribution in [0.5, 0.6) is 0 Å². The summed E-state index contributed by atoms with van der Waals surface area (Å²) in [5.74, 6) is -0.0820. The quantitative estimate of drug-likeness (QED) is 0.841. The van der Waals surface area contributed by atoms with E-state index in [2.05, 4.69) is 5.32 Å². The number of benzene rings is 1. The minimum atomic E-state index is -0.573. The van der Waals surface area contributed by atoms with Gasteiger partial charge in [-0.15, -0.1) is 0 Å². The number of amides is 2. The highest BCUT2D eigenvalue weighted by molar-refractivity contribution is 5.87. The Morgan fingerprint density at radius 3 is 2.19 bits per heavy atom. The Morgan fingerprint density at radius 1 is 1.19 bits per heavy atom. The van der Waals surface area contributed by atoms with Crippen molar-refractivity contribution in [3.63, 3.8) is 0 Å². The van der Waals surface area contributed by atoms with Crippen molar-refractivity contribution < 1.29 is 9.59 Å². The van der Waals surface area contributed by atoms with Gasteiger partial charge in [0.25, 0.3) is 0 Å². The van der Waals surface area contributed by atoms with E-state index in [1.54, 1.807) is 14.1 Å². The highest BCUT2D eigenvalue weighted by Gasteiger charge is 2.19. The van der Waals surface area contributed by atoms with E-state index in [-0.39, 0.29) is 11.8 Å². The van der Waals surface area contributed by atoms with E-state index in [9.17, 15) is 9.59 Å². The average Bonchev–Trinajstić information content (AvgIpc) is 2.26. The van der Waals surface area contributed by atoms with Crippen molar-refractivity contribution in [2.45, 2.75) is 13.0 Å². The zero-order chi connectivity index (χ0) is 12.1. The Labute approximate surface area is 95.3 Å². The molecular weight excluding hydrogens is 204 g/mol. The molecule has 0 aromatic heterocycles. The molecule has 0 fully saturated rings. The van der Waals surface area contributed by atoms with E-state index in [0.29, 0.717) is 0 Å². The van der Waals surface area contributed by atoms with E-state index in [0.717, 1.165) is 5.56 Å². The van der Waals surface area contributed by atoms with Crippen molar-refractivity contribution in [3.05, 3.63) is 35.9 Å². The second-order valence-electron chi connectivity index (χ2n) is 3.80. The van der Waals surface area contributed by atoms with Crippen molar-refractivity contribution >= 4 is 11.8 Å². The van der Waals surface area contributed by atoms with Gasteiger partial charge in [-0.3, -0.25) is 4.79 Å². The van der Waals surface area contributed by atoms with Crippen LogP contribution in [0.15, 0.2) is 30.3 Å². The van der Waals surface area contributed by atoms with Crippen LogP contribution in [-0.2, 0) is 4.79 Å². The van der Waals surface area contributed by atoms with Crippen LogP contribution in [0.4, 0.5) is 4.79 Å². The fourth-order valence-electron chi connectivity index (χ4n) is 1.32. The Hall–Kier alpha value is -1.84. The second kappa shape index (κ2) is 5.30. The molecule has 0 saturated heterocycles. The lowest BCUT2D eigenvalue weighted by atomic mass is 10.0. The SMILES string of the molecule is CC(=O)[C@H](NC(=O)N(C)C)c1ccccc1. The van der Waals surface area contributed by atoms with Gasteiger partial charge in [0, 0.05) is 14.1 Å². The van der Waals surface area contributed by atoms with Gasteiger partial charge in [-0.1, -0.05) is 30.3 Å². The third-order valence-electron chi connectivity index (χ3n) is 2.21. The Balaban J connectivity index is 2.85. The fraction of sp³-hybridized carbons (Fsp3) is 0.333. The van der Waals surface area contributed by atoms with Gasteiger partial charge in [0.2, 0.25) is 0 Å². The largest absolute Gasteiger partial charge is 0.331 e. The van der Waals surface area contributed by atoms with Crippen LogP contribution in [-0.4, -0.2) is 30.8 Å². The Morgan fingerprint density at radius 2 is 1.75 bits per heavy atom. The number of rotatable bonds is 3. The molecular formula is C12H16N2O2. The zero-order valence-electron chi connectivity index (χ0n) is 9.73. The molecule has 0 aliphatic rings. The molecule has 0 heterocycles. The summed E-state index contributed by atoms with van der Waals surface area (Å²) in [6.45, 7) is 1.47. The summed E-state index contributed by atoms with van der Waals surface area (Å²) in [6, 6.07) is 8.35. The molecule has 86 valence electrons. The van der Waals surface area contributed by atoms with E-state index < -0.39 is 6.04 Å². The predicted octanol–water partition coefficient (Wildman–Crippen LogP) is 1.59. The van der Waals surface area contributed by atoms with Crippen LogP contribution in [0.1, 0.15) is 18.5 Å². The number of ketones is 1. The maximum Gasteiger partial charge on any atom is 0.317 e. The minimum absolute atomic E-state index is 0.0820. The first-order valence-corrected chi connectivity index (χ1v) is 5.05. The molecule has 0 saturated carbocycles. The van der Waals surface area contributed by atoms with Crippen LogP contribution in [0.2, 0.25) is 0 Å². The van der Waals surface area contributed by atoms with Crippen molar-refractivity contribution in [3.8, 4) is 0 Å². The van der Waals surface area contributed by atoms with E-state index in [4.69, 9.17) is 0 Å². The third-order valence-corrected chi connectivity index (χ3v) is 2.21. The number of nitrogens with one attached hydrogen (secondary N) is 1. The molecule has 1 aromatic carbocycles. The van der Waals surface area contributed by atoms with Gasteiger partial charge >= 0.3 is 6.03 Å². The number of Topliss-reactive ketones (excluding diaryl/α,β-unsaturated/α-hetero) is 1. The van der Waals surface area contributed by atoms with Crippen LogP contribution >= 0.6 is 0 Å². The lowest BCUT2D eigenvalue weighted by molar-refractivity contribution is -0.118. The molecule has 0 unspecified atom stereocenters. The normalized spacial score (nSPS) is 11.7. The maximum atomic E-state index is 11.5. The highest BCUT2D eigenvalue weighted by atomic mass is 16.2. The van der Waals surface area contributed by atoms with Crippen molar-refractivity contribution in [1.29, 1.82) is 0 Å². The number of nitrogens with zero attached hydrogens (tertiary/aromatic N) is 1. The monoisotopic (exact) mass is 220 g/mol. The van der Waals surface area contributed by atoms with Crippen LogP contribution in [0, 0.1) is 0 Å². The molecule has 4 heteroatoms. The van der Waals surface area contributed by atoms with Crippen LogP contribution in [0.25, 0.3) is 0 Å². The number of hydrogen-bond donors (Lipinski definition) is 1. The van der Waals surface area contributed by atoms with Crippen molar-refractivity contribution in [2.75, 3.05) is 14.1 Å². The number of carbonyl (C=O) groups excluding carboxylic acids is 2. The molecule has 1 aromatic rings. The molecule has 1 atom stereocenters. The van der Waals surface area contributed by atoms with Crippen molar-refractivity contribution in [2.24, 2.45) is 0 Å². The summed E-state index contributed by atoms with van der Waals surface area (Å²) < 4.78 is 0. The van der Waals surface area contributed by atoms with Gasteiger partial charge in [-0.2, -0.15) is 0 Å². The lowest BCUT2D eigenvalue weighted by Gasteiger charge is -2.19. The van der Waals surface area contributed by atoms with Crippen LogP contribution in [0.3, 0.4) is 0 Å². The van der Waals surface area contributed by atoms with Crippen LogP contribution < -0.4 is 5.32 Å². The van der Waals surface area contributed by atoms with Gasteiger partial charge in [-0.25, -0.2) is 4.79 Å². The molecule has 1 N–H and O–H groups in total. The topological polar surface area (TPSA) is 49.4 Å². The molecule has 0 aliphatic heterocycles. The first-order valence-electron chi connectivity index (χ1n) is 5.05. The summed E-state index contributed by atoms with van der Waals surface area (Å²) >= 11 is 0. The van der Waals surface area contributed by atoms with Gasteiger partial charge in [0.05, 0.1) is 0 Å². The molecule has 0 radical (unpaired) electrons. The molecule has 0 aliphatic carbocycles. The third kappa shape index (κ3) is 3.08. The van der Waals surface area contributed by atoms with E-state index >= 15 is 0 Å². The van der Waals surface area contributed by atoms with Gasteiger partial charge in [0.1, 0.15) is 6.04 Å². The Bertz CT molecular complexity index is 374. The average molecular weight is 220 g/mol. The smallest absolute Gasteiger partial charge is 0.317 e. The summed E-state index contributed by atoms with van der Waals surface area (Å²) in [4.78, 5) is 24.4. The predicted molar refractivity (Wildman–Crippen MR) is 62.1 cm³/mol. The number of carbonyl (C=O) groups is 2. The second-order valence-corrected chi connectivity index (χ2v) is 3.80.